The summed E-state index contributed by atoms with van der Waals surface area (Å²) < 4.78 is 0. The Bertz CT molecular complexity index is 978. The van der Waals surface area contributed by atoms with Crippen LogP contribution in [0.2, 0.25) is 5.02 Å². The molecule has 1 aromatic heterocycles. The fraction of sp³-hybridized carbons (Fsp3) is 0.333. The number of nitrogens with one attached hydrogen (secondary N) is 2. The number of fused-ring (bicyclic) bond motifs is 1. The number of aromatic amines is 1. The zero-order valence-electron chi connectivity index (χ0n) is 15.9. The van der Waals surface area contributed by atoms with Crippen molar-refractivity contribution in [3.8, 4) is 0 Å². The highest BCUT2D eigenvalue weighted by molar-refractivity contribution is 6.30. The first-order chi connectivity index (χ1) is 13.6. The van der Waals surface area contributed by atoms with E-state index in [0.717, 1.165) is 54.7 Å². The lowest BCUT2D eigenvalue weighted by molar-refractivity contribution is 0.0956. The lowest BCUT2D eigenvalue weighted by Crippen LogP contribution is -2.46. The molecule has 2 N–H and O–H groups in total. The summed E-state index contributed by atoms with van der Waals surface area (Å²) in [6.45, 7) is 7.18. The van der Waals surface area contributed by atoms with Crippen LogP contribution in [0.3, 0.4) is 0 Å². The van der Waals surface area contributed by atoms with Crippen LogP contribution in [-0.4, -0.2) is 53.5 Å². The number of carbonyl (C=O) groups is 1. The number of anilines is 1. The van der Waals surface area contributed by atoms with Gasteiger partial charge in [0.05, 0.1) is 11.0 Å². The van der Waals surface area contributed by atoms with Crippen LogP contribution in [0.1, 0.15) is 22.8 Å². The van der Waals surface area contributed by atoms with Gasteiger partial charge in [0.1, 0.15) is 0 Å². The van der Waals surface area contributed by atoms with Crippen LogP contribution in [0, 0.1) is 0 Å². The zero-order chi connectivity index (χ0) is 19.5. The van der Waals surface area contributed by atoms with Crippen molar-refractivity contribution in [3.05, 3.63) is 58.6 Å². The molecule has 146 valence electrons. The smallest absolute Gasteiger partial charge is 0.251 e. The first-order valence-electron chi connectivity index (χ1n) is 9.62. The molecule has 28 heavy (non-hydrogen) atoms. The van der Waals surface area contributed by atoms with E-state index in [2.05, 4.69) is 26.2 Å². The summed E-state index contributed by atoms with van der Waals surface area (Å²) in [5.41, 5.74) is 3.64. The van der Waals surface area contributed by atoms with Gasteiger partial charge < -0.3 is 15.2 Å². The molecule has 1 aliphatic heterocycles. The van der Waals surface area contributed by atoms with E-state index >= 15 is 0 Å². The van der Waals surface area contributed by atoms with Gasteiger partial charge in [0.2, 0.25) is 5.95 Å². The molecule has 6 nitrogen and oxygen atoms in total. The van der Waals surface area contributed by atoms with Crippen LogP contribution < -0.4 is 10.2 Å². The predicted molar refractivity (Wildman–Crippen MR) is 113 cm³/mol. The maximum atomic E-state index is 12.0. The number of halogens is 1. The largest absolute Gasteiger partial charge is 0.352 e. The highest BCUT2D eigenvalue weighted by atomic mass is 35.5. The molecule has 0 aliphatic carbocycles. The summed E-state index contributed by atoms with van der Waals surface area (Å²) >= 11 is 6.09. The number of amides is 1. The molecule has 3 aromatic rings. The van der Waals surface area contributed by atoms with Crippen molar-refractivity contribution in [1.29, 1.82) is 0 Å². The van der Waals surface area contributed by atoms with E-state index < -0.39 is 0 Å². The van der Waals surface area contributed by atoms with Crippen LogP contribution >= 0.6 is 11.6 Å². The van der Waals surface area contributed by atoms with Gasteiger partial charge in [0.25, 0.3) is 5.91 Å². The number of nitrogens with zero attached hydrogens (tertiary/aromatic N) is 3. The summed E-state index contributed by atoms with van der Waals surface area (Å²) in [7, 11) is 0. The lowest BCUT2D eigenvalue weighted by Gasteiger charge is -2.34. The second-order valence-corrected chi connectivity index (χ2v) is 7.48. The van der Waals surface area contributed by atoms with Gasteiger partial charge in [-0.25, -0.2) is 4.98 Å². The quantitative estimate of drug-likeness (QED) is 0.693. The fourth-order valence-electron chi connectivity index (χ4n) is 3.56. The van der Waals surface area contributed by atoms with E-state index in [-0.39, 0.29) is 5.91 Å². The molecule has 0 unspecified atom stereocenters. The van der Waals surface area contributed by atoms with E-state index in [1.165, 1.54) is 5.56 Å². The summed E-state index contributed by atoms with van der Waals surface area (Å²) in [6, 6.07) is 13.6. The first-order valence-corrected chi connectivity index (χ1v) is 10.00. The third-order valence-electron chi connectivity index (χ3n) is 5.04. The van der Waals surface area contributed by atoms with Gasteiger partial charge in [-0.3, -0.25) is 9.69 Å². The van der Waals surface area contributed by atoms with E-state index in [0.29, 0.717) is 12.1 Å². The minimum absolute atomic E-state index is 0.0661. The number of rotatable bonds is 5. The third-order valence-corrected chi connectivity index (χ3v) is 5.27. The van der Waals surface area contributed by atoms with Gasteiger partial charge in [0, 0.05) is 49.9 Å². The number of carbonyl (C=O) groups excluding carboxylic acids is 1. The number of H-pyrrole nitrogens is 1. The van der Waals surface area contributed by atoms with Crippen molar-refractivity contribution in [2.24, 2.45) is 0 Å². The van der Waals surface area contributed by atoms with Crippen molar-refractivity contribution in [3.63, 3.8) is 0 Å². The summed E-state index contributed by atoms with van der Waals surface area (Å²) in [6.07, 6.45) is 0. The first kappa shape index (κ1) is 18.8. The molecule has 1 saturated heterocycles. The highest BCUT2D eigenvalue weighted by Crippen LogP contribution is 2.21. The Morgan fingerprint density at radius 2 is 2.00 bits per heavy atom. The van der Waals surface area contributed by atoms with Crippen LogP contribution in [0.5, 0.6) is 0 Å². The Kier molecular flexibility index (Phi) is 5.50. The molecule has 0 radical (unpaired) electrons. The van der Waals surface area contributed by atoms with Crippen molar-refractivity contribution < 1.29 is 4.79 Å². The zero-order valence-corrected chi connectivity index (χ0v) is 16.7. The van der Waals surface area contributed by atoms with Crippen LogP contribution in [0.15, 0.2) is 42.5 Å². The van der Waals surface area contributed by atoms with Gasteiger partial charge in [-0.05, 0) is 42.8 Å². The molecule has 0 spiro atoms. The summed E-state index contributed by atoms with van der Waals surface area (Å²) in [4.78, 5) is 24.8. The van der Waals surface area contributed by atoms with E-state index in [4.69, 9.17) is 16.6 Å². The number of aromatic nitrogens is 2. The minimum Gasteiger partial charge on any atom is -0.352 e. The fourth-order valence-corrected chi connectivity index (χ4v) is 3.77. The highest BCUT2D eigenvalue weighted by Gasteiger charge is 2.20. The van der Waals surface area contributed by atoms with Crippen molar-refractivity contribution in [1.82, 2.24) is 20.2 Å². The summed E-state index contributed by atoms with van der Waals surface area (Å²) in [5.74, 6) is 0.800. The molecule has 1 fully saturated rings. The van der Waals surface area contributed by atoms with Gasteiger partial charge >= 0.3 is 0 Å². The van der Waals surface area contributed by atoms with E-state index in [1.54, 1.807) is 0 Å². The molecule has 7 heteroatoms. The number of imidazole rings is 1. The topological polar surface area (TPSA) is 64.3 Å². The van der Waals surface area contributed by atoms with Gasteiger partial charge in [-0.15, -0.1) is 0 Å². The molecular formula is C21H24ClN5O. The standard InChI is InChI=1S/C21H24ClN5O/c1-2-23-20(28)16-6-7-18-19(13-16)25-21(24-18)27-10-8-26(9-11-27)14-15-4-3-5-17(22)12-15/h3-7,12-13H,2,8-11,14H2,1H3,(H,23,28)(H,24,25). The Balaban J connectivity index is 1.41. The van der Waals surface area contributed by atoms with Crippen molar-refractivity contribution in [2.75, 3.05) is 37.6 Å². The third kappa shape index (κ3) is 4.13. The normalized spacial score (nSPS) is 15.1. The molecule has 2 heterocycles. The van der Waals surface area contributed by atoms with Gasteiger partial charge in [-0.2, -0.15) is 0 Å². The molecule has 1 aliphatic rings. The molecule has 0 atom stereocenters. The molecule has 2 aromatic carbocycles. The second kappa shape index (κ2) is 8.20. The van der Waals surface area contributed by atoms with Crippen molar-refractivity contribution >= 4 is 34.5 Å². The number of hydrogen-bond acceptors (Lipinski definition) is 4. The maximum absolute atomic E-state index is 12.0. The van der Waals surface area contributed by atoms with E-state index in [1.807, 2.05) is 43.3 Å². The molecule has 0 bridgehead atoms. The van der Waals surface area contributed by atoms with Crippen LogP contribution in [0.4, 0.5) is 5.95 Å². The number of hydrogen-bond donors (Lipinski definition) is 2. The Hall–Kier alpha value is -2.57. The van der Waals surface area contributed by atoms with Crippen LogP contribution in [-0.2, 0) is 6.54 Å². The Labute approximate surface area is 169 Å². The van der Waals surface area contributed by atoms with Crippen LogP contribution in [0.25, 0.3) is 11.0 Å². The average Bonchev–Trinajstić information content (AvgIpc) is 3.12. The maximum Gasteiger partial charge on any atom is 0.251 e. The molecular weight excluding hydrogens is 374 g/mol. The van der Waals surface area contributed by atoms with E-state index in [9.17, 15) is 4.79 Å². The second-order valence-electron chi connectivity index (χ2n) is 7.04. The van der Waals surface area contributed by atoms with Crippen molar-refractivity contribution in [2.45, 2.75) is 13.5 Å². The molecule has 1 amide bonds. The monoisotopic (exact) mass is 397 g/mol. The Morgan fingerprint density at radius 3 is 2.75 bits per heavy atom. The molecule has 4 rings (SSSR count). The predicted octanol–water partition coefficient (Wildman–Crippen LogP) is 3.29. The average molecular weight is 398 g/mol. The number of piperazine rings is 1. The molecule has 0 saturated carbocycles. The number of benzene rings is 2. The van der Waals surface area contributed by atoms with Gasteiger partial charge in [0.15, 0.2) is 0 Å². The summed E-state index contributed by atoms with van der Waals surface area (Å²) in [5, 5.41) is 3.61. The SMILES string of the molecule is CCNC(=O)c1ccc2[nH]c(N3CCN(Cc4cccc(Cl)c4)CC3)nc2c1. The van der Waals surface area contributed by atoms with Gasteiger partial charge in [-0.1, -0.05) is 23.7 Å². The Morgan fingerprint density at radius 1 is 1.18 bits per heavy atom. The lowest BCUT2D eigenvalue weighted by atomic mass is 10.2. The minimum atomic E-state index is -0.0661.